The maximum atomic E-state index is 15.4. The number of halogens is 23. The molecular formula is C34H23F23O3S. The Bertz CT molecular complexity index is 1930. The summed E-state index contributed by atoms with van der Waals surface area (Å²) in [6, 6.07) is 14.5. The van der Waals surface area contributed by atoms with Crippen molar-refractivity contribution in [1.82, 2.24) is 0 Å². The van der Waals surface area contributed by atoms with Gasteiger partial charge < -0.3 is 8.92 Å². The minimum atomic E-state index is -9.57. The van der Waals surface area contributed by atoms with Crippen LogP contribution < -0.4 is 4.74 Å². The Labute approximate surface area is 328 Å². The molecule has 0 fully saturated rings. The van der Waals surface area contributed by atoms with Gasteiger partial charge in [-0.05, 0) is 65.3 Å². The van der Waals surface area contributed by atoms with E-state index < -0.39 is 96.4 Å². The molecule has 0 spiro atoms. The molecule has 0 heterocycles. The quantitative estimate of drug-likeness (QED) is 0.0941. The van der Waals surface area contributed by atoms with Gasteiger partial charge in [0.25, 0.3) is 0 Å². The van der Waals surface area contributed by atoms with Gasteiger partial charge in [0.15, 0.2) is 0 Å². The first-order valence-electron chi connectivity index (χ1n) is 16.1. The number of alkyl halides is 23. The van der Waals surface area contributed by atoms with Crippen LogP contribution in [0.5, 0.6) is 5.75 Å². The molecule has 0 aromatic heterocycles. The third-order valence-electron chi connectivity index (χ3n) is 8.43. The van der Waals surface area contributed by atoms with E-state index in [1.807, 2.05) is 0 Å². The average molecular weight is 949 g/mol. The number of hydrogen-bond donors (Lipinski definition) is 0. The predicted octanol–water partition coefficient (Wildman–Crippen LogP) is 13.5. The molecule has 0 aliphatic rings. The van der Waals surface area contributed by atoms with Gasteiger partial charge in [-0.25, -0.2) is 4.79 Å². The molecule has 0 atom stereocenters. The molecule has 0 amide bonds. The first-order chi connectivity index (χ1) is 27.4. The van der Waals surface area contributed by atoms with E-state index in [0.717, 1.165) is 72.8 Å². The van der Waals surface area contributed by atoms with Gasteiger partial charge >= 0.3 is 71.4 Å². The van der Waals surface area contributed by atoms with E-state index in [4.69, 9.17) is 8.92 Å². The van der Waals surface area contributed by atoms with Gasteiger partial charge in [-0.15, -0.1) is 0 Å². The van der Waals surface area contributed by atoms with Gasteiger partial charge in [-0.2, -0.15) is 101 Å². The van der Waals surface area contributed by atoms with Crippen LogP contribution in [0.3, 0.4) is 0 Å². The summed E-state index contributed by atoms with van der Waals surface area (Å²) in [4.78, 5) is 11.5. The van der Waals surface area contributed by atoms with Crippen molar-refractivity contribution in [3.05, 3.63) is 84.9 Å². The number of benzene rings is 3. The normalized spacial score (nSPS) is 15.1. The minimum Gasteiger partial charge on any atom is -0.494 e. The molecule has 27 heteroatoms. The number of unbranched alkanes of at least 4 members (excludes halogenated alkanes) is 1. The van der Waals surface area contributed by atoms with Crippen LogP contribution >= 0.6 is 10.3 Å². The Kier molecular flexibility index (Phi) is 13.5. The van der Waals surface area contributed by atoms with E-state index in [9.17, 15) is 88.2 Å². The summed E-state index contributed by atoms with van der Waals surface area (Å²) in [5.74, 6) is -94.6. The van der Waals surface area contributed by atoms with Crippen LogP contribution in [0.2, 0.25) is 0 Å². The van der Waals surface area contributed by atoms with E-state index >= 15 is 17.6 Å². The number of carbonyl (C=O) groups is 1. The molecule has 0 saturated carbocycles. The van der Waals surface area contributed by atoms with E-state index in [1.54, 1.807) is 6.92 Å². The smallest absolute Gasteiger partial charge is 0.460 e. The van der Waals surface area contributed by atoms with Crippen molar-refractivity contribution in [3.8, 4) is 5.75 Å². The van der Waals surface area contributed by atoms with Crippen LogP contribution in [-0.2, 0) is 8.98 Å². The zero-order valence-corrected chi connectivity index (χ0v) is 30.3. The Hall–Kier alpha value is -4.33. The van der Waals surface area contributed by atoms with Crippen molar-refractivity contribution in [3.63, 3.8) is 0 Å². The maximum Gasteiger partial charge on any atom is 0.460 e. The van der Waals surface area contributed by atoms with E-state index in [2.05, 4.69) is 0 Å². The van der Waals surface area contributed by atoms with Gasteiger partial charge in [-0.3, -0.25) is 0 Å². The molecule has 0 unspecified atom stereocenters. The fourth-order valence-corrected chi connectivity index (χ4v) is 7.93. The summed E-state index contributed by atoms with van der Waals surface area (Å²) in [5, 5.41) is 0. The van der Waals surface area contributed by atoms with Crippen LogP contribution in [0.1, 0.15) is 19.8 Å². The van der Waals surface area contributed by atoms with Crippen molar-refractivity contribution in [2.75, 3.05) is 6.61 Å². The lowest BCUT2D eigenvalue weighted by atomic mass is 9.85. The lowest BCUT2D eigenvalue weighted by molar-refractivity contribution is -0.477. The molecule has 3 rings (SSSR count). The third-order valence-corrected chi connectivity index (χ3v) is 11.6. The summed E-state index contributed by atoms with van der Waals surface area (Å²) < 4.78 is 334. The first-order valence-corrected chi connectivity index (χ1v) is 17.7. The largest absolute Gasteiger partial charge is 0.494 e. The highest BCUT2D eigenvalue weighted by Crippen LogP contribution is 2.71. The monoisotopic (exact) mass is 948 g/mol. The second kappa shape index (κ2) is 16.1. The summed E-state index contributed by atoms with van der Waals surface area (Å²) in [6.07, 6.45) is -7.08. The molecule has 344 valence electrons. The zero-order valence-electron chi connectivity index (χ0n) is 29.5. The molecule has 0 N–H and O–H groups in total. The van der Waals surface area contributed by atoms with E-state index in [0.29, 0.717) is 12.8 Å². The minimum absolute atomic E-state index is 0.00976. The van der Waals surface area contributed by atoms with Crippen molar-refractivity contribution >= 4 is 16.3 Å². The van der Waals surface area contributed by atoms with Crippen LogP contribution in [0.25, 0.3) is 0 Å². The molecule has 0 aliphatic heterocycles. The number of hydrogen-bond acceptors (Lipinski definition) is 3. The lowest BCUT2D eigenvalue weighted by Gasteiger charge is -2.45. The summed E-state index contributed by atoms with van der Waals surface area (Å²) in [7, 11) is -4.44. The van der Waals surface area contributed by atoms with Crippen LogP contribution in [-0.4, -0.2) is 78.0 Å². The van der Waals surface area contributed by atoms with Gasteiger partial charge in [0.1, 0.15) is 5.75 Å². The topological polar surface area (TPSA) is 35.5 Å². The Morgan fingerprint density at radius 2 is 0.754 bits per heavy atom. The predicted molar refractivity (Wildman–Crippen MR) is 164 cm³/mol. The van der Waals surface area contributed by atoms with Gasteiger partial charge in [0.2, 0.25) is 0 Å². The molecule has 3 nitrogen and oxygen atoms in total. The number of ether oxygens (including phenoxy) is 1. The average Bonchev–Trinajstić information content (AvgIpc) is 3.16. The molecular weight excluding hydrogens is 925 g/mol. The van der Waals surface area contributed by atoms with Crippen molar-refractivity contribution in [2.45, 2.75) is 99.9 Å². The van der Waals surface area contributed by atoms with Gasteiger partial charge in [-0.1, -0.05) is 49.7 Å². The van der Waals surface area contributed by atoms with Crippen LogP contribution in [0, 0.1) is 0 Å². The fourth-order valence-electron chi connectivity index (χ4n) is 4.89. The second-order valence-electron chi connectivity index (χ2n) is 12.5. The Morgan fingerprint density at radius 1 is 0.443 bits per heavy atom. The molecule has 61 heavy (non-hydrogen) atoms. The summed E-state index contributed by atoms with van der Waals surface area (Å²) in [5.41, 5.74) is 0. The third kappa shape index (κ3) is 7.56. The Balaban J connectivity index is 2.23. The highest BCUT2D eigenvalue weighted by molar-refractivity contribution is 8.30. The Morgan fingerprint density at radius 3 is 1.08 bits per heavy atom. The highest BCUT2D eigenvalue weighted by Gasteiger charge is 2.99. The molecule has 3 aromatic carbocycles. The molecule has 0 radical (unpaired) electrons. The summed E-state index contributed by atoms with van der Waals surface area (Å²) in [6.45, 7) is 1.84. The van der Waals surface area contributed by atoms with Gasteiger partial charge in [0.05, 0.1) is 6.61 Å². The maximum absolute atomic E-state index is 15.4. The molecule has 3 aromatic rings. The molecule has 0 aliphatic carbocycles. The molecule has 0 saturated heterocycles. The van der Waals surface area contributed by atoms with E-state index in [-0.39, 0.29) is 12.4 Å². The van der Waals surface area contributed by atoms with E-state index in [1.165, 1.54) is 12.1 Å². The van der Waals surface area contributed by atoms with Crippen LogP contribution in [0.4, 0.5) is 101 Å². The lowest BCUT2D eigenvalue weighted by Crippen LogP contribution is -2.78. The number of rotatable bonds is 18. The van der Waals surface area contributed by atoms with Crippen LogP contribution in [0.15, 0.2) is 99.6 Å². The van der Waals surface area contributed by atoms with Gasteiger partial charge in [0, 0.05) is 14.7 Å². The number of carbonyl (C=O) groups excluding carboxylic acids is 1. The second-order valence-corrected chi connectivity index (χ2v) is 15.2. The van der Waals surface area contributed by atoms with Crippen molar-refractivity contribution in [1.29, 1.82) is 0 Å². The first kappa shape index (κ1) is 51.0. The summed E-state index contributed by atoms with van der Waals surface area (Å²) >= 11 is 0. The SMILES string of the molecule is CCCCOc1ccc(S(OC(=O)C(F)(F)C(F)(F)C(F)(F)C(F)(F)C(F)(F)C(F)(F)C(F)(F)C(F)(F)C(F)(F)C(F)(F)C(F)(F)F)(c2ccccc2)c2ccccc2)cc1. The van der Waals surface area contributed by atoms with Crippen molar-refractivity contribution < 1.29 is 115 Å². The highest BCUT2D eigenvalue weighted by atomic mass is 32.3. The standard InChI is InChI=1S/C34H23F23O3S/c1-2-3-18-59-19-14-16-22(17-15-19)61(20-10-6-4-7-11-20,21-12-8-5-9-13-21)60-23(58)24(35,36)25(37,38)26(39,40)27(41,42)28(43,44)29(45,46)30(47,48)31(49,50)32(51,52)33(53,54)34(55,56)57/h4-17H,2-3,18H2,1H3. The zero-order chi connectivity index (χ0) is 47.3. The van der Waals surface area contributed by atoms with Crippen molar-refractivity contribution in [2.24, 2.45) is 0 Å². The fraction of sp³-hybridized carbons (Fsp3) is 0.441. The molecule has 0 bridgehead atoms.